The largest absolute Gasteiger partial charge is 0.381 e. The third-order valence-electron chi connectivity index (χ3n) is 3.04. The maximum atomic E-state index is 13.5. The minimum atomic E-state index is -0.449. The van der Waals surface area contributed by atoms with Crippen LogP contribution < -0.4 is 5.32 Å². The molecule has 0 aliphatic rings. The fourth-order valence-corrected chi connectivity index (χ4v) is 1.95. The summed E-state index contributed by atoms with van der Waals surface area (Å²) in [5.74, 6) is -0.877. The number of nitrogens with one attached hydrogen (secondary N) is 1. The van der Waals surface area contributed by atoms with Crippen LogP contribution in [0.3, 0.4) is 0 Å². The van der Waals surface area contributed by atoms with Crippen LogP contribution in [0.5, 0.6) is 0 Å². The van der Waals surface area contributed by atoms with Crippen molar-refractivity contribution in [3.63, 3.8) is 0 Å². The van der Waals surface area contributed by atoms with E-state index in [0.717, 1.165) is 23.5 Å². The molecule has 0 unspecified atom stereocenters. The van der Waals surface area contributed by atoms with E-state index in [-0.39, 0.29) is 12.1 Å². The lowest BCUT2D eigenvalue weighted by molar-refractivity contribution is 0.587. The first kappa shape index (κ1) is 13.2. The van der Waals surface area contributed by atoms with E-state index in [1.807, 2.05) is 24.3 Å². The molecule has 1 heterocycles. The molecule has 0 atom stereocenters. The van der Waals surface area contributed by atoms with Gasteiger partial charge in [0.2, 0.25) is 0 Å². The van der Waals surface area contributed by atoms with E-state index in [2.05, 4.69) is 15.4 Å². The summed E-state index contributed by atoms with van der Waals surface area (Å²) in [5.41, 5.74) is 1.97. The van der Waals surface area contributed by atoms with E-state index < -0.39 is 11.6 Å². The molecular formula is C15H12F2N4. The van der Waals surface area contributed by atoms with Crippen LogP contribution in [0.25, 0.3) is 5.69 Å². The van der Waals surface area contributed by atoms with E-state index in [0.29, 0.717) is 0 Å². The Morgan fingerprint density at radius 3 is 2.57 bits per heavy atom. The van der Waals surface area contributed by atoms with Gasteiger partial charge in [0.15, 0.2) is 0 Å². The minimum Gasteiger partial charge on any atom is -0.381 e. The molecule has 0 saturated heterocycles. The normalized spacial score (nSPS) is 10.6. The summed E-state index contributed by atoms with van der Waals surface area (Å²) in [5, 5.41) is 7.07. The molecule has 2 aromatic carbocycles. The topological polar surface area (TPSA) is 42.7 Å². The van der Waals surface area contributed by atoms with Gasteiger partial charge >= 0.3 is 0 Å². The van der Waals surface area contributed by atoms with Gasteiger partial charge in [0, 0.05) is 17.8 Å². The second-order valence-corrected chi connectivity index (χ2v) is 4.48. The van der Waals surface area contributed by atoms with Gasteiger partial charge in [0.25, 0.3) is 0 Å². The molecule has 0 radical (unpaired) electrons. The third kappa shape index (κ3) is 3.05. The predicted molar refractivity (Wildman–Crippen MR) is 75.0 cm³/mol. The summed E-state index contributed by atoms with van der Waals surface area (Å²) in [7, 11) is 0. The first-order valence-corrected chi connectivity index (χ1v) is 6.35. The zero-order chi connectivity index (χ0) is 14.7. The van der Waals surface area contributed by atoms with Crippen LogP contribution in [0.2, 0.25) is 0 Å². The van der Waals surface area contributed by atoms with E-state index in [9.17, 15) is 8.78 Å². The van der Waals surface area contributed by atoms with Gasteiger partial charge in [0.1, 0.15) is 24.3 Å². The average Bonchev–Trinajstić information content (AvgIpc) is 3.03. The number of nitrogens with zero attached hydrogens (tertiary/aromatic N) is 3. The highest BCUT2D eigenvalue weighted by Crippen LogP contribution is 2.15. The monoisotopic (exact) mass is 286 g/mol. The molecule has 4 nitrogen and oxygen atoms in total. The van der Waals surface area contributed by atoms with Gasteiger partial charge < -0.3 is 5.32 Å². The van der Waals surface area contributed by atoms with E-state index >= 15 is 0 Å². The van der Waals surface area contributed by atoms with Gasteiger partial charge in [-0.2, -0.15) is 5.10 Å². The van der Waals surface area contributed by atoms with Crippen molar-refractivity contribution in [1.82, 2.24) is 14.8 Å². The lowest BCUT2D eigenvalue weighted by Gasteiger charge is -2.08. The highest BCUT2D eigenvalue weighted by atomic mass is 19.1. The third-order valence-corrected chi connectivity index (χ3v) is 3.04. The molecule has 3 aromatic rings. The Morgan fingerprint density at radius 2 is 1.86 bits per heavy atom. The Hall–Kier alpha value is -2.76. The SMILES string of the molecule is Fc1ccc(F)c(CNc2ccc(-n3cncn3)cc2)c1. The van der Waals surface area contributed by atoms with Crippen LogP contribution in [-0.2, 0) is 6.54 Å². The highest BCUT2D eigenvalue weighted by Gasteiger charge is 2.04. The molecule has 1 N–H and O–H groups in total. The maximum absolute atomic E-state index is 13.5. The maximum Gasteiger partial charge on any atom is 0.138 e. The molecule has 6 heteroatoms. The van der Waals surface area contributed by atoms with Crippen LogP contribution in [0.15, 0.2) is 55.1 Å². The fourth-order valence-electron chi connectivity index (χ4n) is 1.95. The number of benzene rings is 2. The van der Waals surface area contributed by atoms with Gasteiger partial charge in [-0.25, -0.2) is 18.4 Å². The first-order chi connectivity index (χ1) is 10.2. The molecule has 0 fully saturated rings. The zero-order valence-corrected chi connectivity index (χ0v) is 11.0. The Bertz CT molecular complexity index is 724. The van der Waals surface area contributed by atoms with E-state index in [1.54, 1.807) is 11.0 Å². The van der Waals surface area contributed by atoms with Crippen molar-refractivity contribution >= 4 is 5.69 Å². The number of hydrogen-bond acceptors (Lipinski definition) is 3. The lowest BCUT2D eigenvalue weighted by atomic mass is 10.2. The lowest BCUT2D eigenvalue weighted by Crippen LogP contribution is -2.02. The molecule has 0 bridgehead atoms. The summed E-state index contributed by atoms with van der Waals surface area (Å²) < 4.78 is 28.2. The van der Waals surface area contributed by atoms with Crippen molar-refractivity contribution in [2.45, 2.75) is 6.54 Å². The molecule has 0 spiro atoms. The Balaban J connectivity index is 1.70. The highest BCUT2D eigenvalue weighted by molar-refractivity contribution is 5.48. The molecule has 3 rings (SSSR count). The minimum absolute atomic E-state index is 0.215. The summed E-state index contributed by atoms with van der Waals surface area (Å²) in [6.07, 6.45) is 3.06. The van der Waals surface area contributed by atoms with Crippen molar-refractivity contribution in [2.24, 2.45) is 0 Å². The fraction of sp³-hybridized carbons (Fsp3) is 0.0667. The van der Waals surface area contributed by atoms with Gasteiger partial charge in [-0.3, -0.25) is 0 Å². The van der Waals surface area contributed by atoms with Crippen LogP contribution >= 0.6 is 0 Å². The molecule has 106 valence electrons. The number of hydrogen-bond donors (Lipinski definition) is 1. The Labute approximate surface area is 120 Å². The Morgan fingerprint density at radius 1 is 1.05 bits per heavy atom. The van der Waals surface area contributed by atoms with Gasteiger partial charge in [-0.15, -0.1) is 0 Å². The van der Waals surface area contributed by atoms with Gasteiger partial charge in [0.05, 0.1) is 5.69 Å². The van der Waals surface area contributed by atoms with Crippen LogP contribution in [-0.4, -0.2) is 14.8 Å². The average molecular weight is 286 g/mol. The van der Waals surface area contributed by atoms with E-state index in [1.165, 1.54) is 12.4 Å². The first-order valence-electron chi connectivity index (χ1n) is 6.35. The molecular weight excluding hydrogens is 274 g/mol. The molecule has 1 aromatic heterocycles. The summed E-state index contributed by atoms with van der Waals surface area (Å²) >= 11 is 0. The zero-order valence-electron chi connectivity index (χ0n) is 11.0. The standard InChI is InChI=1S/C15H12F2N4/c16-12-1-6-15(17)11(7-12)8-19-13-2-4-14(5-3-13)21-10-18-9-20-21/h1-7,9-10,19H,8H2. The van der Waals surface area contributed by atoms with Crippen molar-refractivity contribution in [2.75, 3.05) is 5.32 Å². The summed E-state index contributed by atoms with van der Waals surface area (Å²) in [6, 6.07) is 10.8. The van der Waals surface area contributed by atoms with Crippen molar-refractivity contribution in [1.29, 1.82) is 0 Å². The van der Waals surface area contributed by atoms with Crippen LogP contribution in [0.1, 0.15) is 5.56 Å². The quantitative estimate of drug-likeness (QED) is 0.801. The molecule has 0 aliphatic carbocycles. The second-order valence-electron chi connectivity index (χ2n) is 4.48. The Kier molecular flexibility index (Phi) is 3.59. The number of rotatable bonds is 4. The van der Waals surface area contributed by atoms with Crippen LogP contribution in [0, 0.1) is 11.6 Å². The van der Waals surface area contributed by atoms with Crippen molar-refractivity contribution < 1.29 is 8.78 Å². The van der Waals surface area contributed by atoms with Crippen molar-refractivity contribution in [3.8, 4) is 5.69 Å². The molecule has 0 saturated carbocycles. The number of aromatic nitrogens is 3. The predicted octanol–water partition coefficient (Wildman–Crippen LogP) is 3.16. The number of halogens is 2. The van der Waals surface area contributed by atoms with Crippen molar-refractivity contribution in [3.05, 3.63) is 72.3 Å². The summed E-state index contributed by atoms with van der Waals surface area (Å²) in [6.45, 7) is 0.215. The van der Waals surface area contributed by atoms with Gasteiger partial charge in [-0.1, -0.05) is 0 Å². The van der Waals surface area contributed by atoms with Gasteiger partial charge in [-0.05, 0) is 42.5 Å². The molecule has 21 heavy (non-hydrogen) atoms. The molecule has 0 amide bonds. The molecule has 0 aliphatic heterocycles. The smallest absolute Gasteiger partial charge is 0.138 e. The van der Waals surface area contributed by atoms with Crippen LogP contribution in [0.4, 0.5) is 14.5 Å². The number of anilines is 1. The summed E-state index contributed by atoms with van der Waals surface area (Å²) in [4.78, 5) is 3.87. The van der Waals surface area contributed by atoms with E-state index in [4.69, 9.17) is 0 Å². The second kappa shape index (κ2) is 5.70.